The van der Waals surface area contributed by atoms with Crippen LogP contribution < -0.4 is 14.4 Å². The summed E-state index contributed by atoms with van der Waals surface area (Å²) in [5, 5.41) is 0. The largest absolute Gasteiger partial charge is 0.497 e. The number of benzene rings is 2. The number of rotatable bonds is 11. The third kappa shape index (κ3) is 6.43. The number of hydrogen-bond donors (Lipinski definition) is 0. The minimum Gasteiger partial charge on any atom is -0.497 e. The highest BCUT2D eigenvalue weighted by Gasteiger charge is 2.33. The van der Waals surface area contributed by atoms with Gasteiger partial charge in [-0.1, -0.05) is 15.9 Å². The van der Waals surface area contributed by atoms with E-state index in [-0.39, 0.29) is 12.2 Å². The molecule has 0 N–H and O–H groups in total. The van der Waals surface area contributed by atoms with E-state index >= 15 is 0 Å². The Morgan fingerprint density at radius 3 is 2.62 bits per heavy atom. The second-order valence-electron chi connectivity index (χ2n) is 8.86. The Kier molecular flexibility index (Phi) is 8.69. The summed E-state index contributed by atoms with van der Waals surface area (Å²) in [6, 6.07) is 13.7. The van der Waals surface area contributed by atoms with Gasteiger partial charge in [0.05, 0.1) is 20.3 Å². The molecule has 7 nitrogen and oxygen atoms in total. The molecule has 1 amide bonds. The standard InChI is InChI=1S/C26H33BrN2O5/c1-31-13-14-33-23-7-8-25(27)20(16-23)15-19-9-11-28(17-19)12-10-24-18-29(26(30)34-24)21-3-5-22(32-2)6-4-21/h3-8,16,19,24H,9-15,17-18H2,1-2H3. The summed E-state index contributed by atoms with van der Waals surface area (Å²) in [6.45, 7) is 4.80. The zero-order valence-electron chi connectivity index (χ0n) is 19.9. The number of carbonyl (C=O) groups is 1. The van der Waals surface area contributed by atoms with Gasteiger partial charge in [-0.3, -0.25) is 4.90 Å². The fourth-order valence-corrected chi connectivity index (χ4v) is 5.01. The van der Waals surface area contributed by atoms with Gasteiger partial charge in [0.25, 0.3) is 0 Å². The van der Waals surface area contributed by atoms with Gasteiger partial charge in [-0.2, -0.15) is 0 Å². The monoisotopic (exact) mass is 532 g/mol. The predicted octanol–water partition coefficient (Wildman–Crippen LogP) is 4.76. The summed E-state index contributed by atoms with van der Waals surface area (Å²) in [5.41, 5.74) is 2.12. The number of carbonyl (C=O) groups excluding carboxylic acids is 1. The van der Waals surface area contributed by atoms with Gasteiger partial charge < -0.3 is 23.8 Å². The Hall–Kier alpha value is -2.29. The van der Waals surface area contributed by atoms with Crippen LogP contribution in [0.3, 0.4) is 0 Å². The average Bonchev–Trinajstić information content (AvgIpc) is 3.46. The third-order valence-corrected chi connectivity index (χ3v) is 7.25. The first-order valence-corrected chi connectivity index (χ1v) is 12.6. The van der Waals surface area contributed by atoms with Crippen LogP contribution in [-0.4, -0.2) is 70.7 Å². The molecule has 2 unspecified atom stereocenters. The molecule has 34 heavy (non-hydrogen) atoms. The van der Waals surface area contributed by atoms with Crippen molar-refractivity contribution in [2.24, 2.45) is 5.92 Å². The van der Waals surface area contributed by atoms with Crippen LogP contribution >= 0.6 is 15.9 Å². The fraction of sp³-hybridized carbons (Fsp3) is 0.500. The molecule has 184 valence electrons. The quantitative estimate of drug-likeness (QED) is 0.388. The molecule has 0 aliphatic carbocycles. The number of amides is 1. The molecule has 2 aromatic carbocycles. The highest BCUT2D eigenvalue weighted by Crippen LogP contribution is 2.29. The van der Waals surface area contributed by atoms with Gasteiger partial charge in [-0.25, -0.2) is 4.79 Å². The first-order valence-electron chi connectivity index (χ1n) is 11.8. The maximum absolute atomic E-state index is 12.4. The zero-order valence-corrected chi connectivity index (χ0v) is 21.5. The van der Waals surface area contributed by atoms with Crippen molar-refractivity contribution < 1.29 is 23.7 Å². The second kappa shape index (κ2) is 11.9. The van der Waals surface area contributed by atoms with Crippen LogP contribution in [-0.2, 0) is 15.9 Å². The molecule has 2 aliphatic rings. The number of methoxy groups -OCH3 is 2. The molecule has 0 aromatic heterocycles. The summed E-state index contributed by atoms with van der Waals surface area (Å²) < 4.78 is 22.8. The van der Waals surface area contributed by atoms with Crippen molar-refractivity contribution in [2.45, 2.75) is 25.4 Å². The van der Waals surface area contributed by atoms with E-state index in [4.69, 9.17) is 18.9 Å². The summed E-state index contributed by atoms with van der Waals surface area (Å²) in [6.07, 6.45) is 2.68. The first kappa shape index (κ1) is 24.8. The van der Waals surface area contributed by atoms with Crippen molar-refractivity contribution in [1.29, 1.82) is 0 Å². The van der Waals surface area contributed by atoms with Crippen LogP contribution in [0.2, 0.25) is 0 Å². The number of anilines is 1. The van der Waals surface area contributed by atoms with Crippen LogP contribution in [0.15, 0.2) is 46.9 Å². The number of halogens is 1. The lowest BCUT2D eigenvalue weighted by Crippen LogP contribution is -2.28. The SMILES string of the molecule is COCCOc1ccc(Br)c(CC2CCN(CCC3CN(c4ccc(OC)cc4)C(=O)O3)C2)c1. The Balaban J connectivity index is 1.23. The van der Waals surface area contributed by atoms with Gasteiger partial charge in [0.15, 0.2) is 0 Å². The smallest absolute Gasteiger partial charge is 0.414 e. The minimum atomic E-state index is -0.271. The van der Waals surface area contributed by atoms with Crippen LogP contribution in [0.1, 0.15) is 18.4 Å². The summed E-state index contributed by atoms with van der Waals surface area (Å²) >= 11 is 3.69. The van der Waals surface area contributed by atoms with Gasteiger partial charge in [0.2, 0.25) is 0 Å². The molecule has 0 saturated carbocycles. The maximum atomic E-state index is 12.4. The van der Waals surface area contributed by atoms with Crippen molar-refractivity contribution in [2.75, 3.05) is 58.5 Å². The summed E-state index contributed by atoms with van der Waals surface area (Å²) in [4.78, 5) is 16.6. The molecule has 2 fully saturated rings. The van der Waals surface area contributed by atoms with Crippen molar-refractivity contribution in [3.63, 3.8) is 0 Å². The van der Waals surface area contributed by atoms with Crippen LogP contribution in [0.5, 0.6) is 11.5 Å². The Bertz CT molecular complexity index is 955. The molecule has 0 bridgehead atoms. The third-order valence-electron chi connectivity index (χ3n) is 6.48. The van der Waals surface area contributed by atoms with Gasteiger partial charge in [0, 0.05) is 30.4 Å². The lowest BCUT2D eigenvalue weighted by Gasteiger charge is -2.18. The van der Waals surface area contributed by atoms with E-state index in [0.717, 1.165) is 54.1 Å². The van der Waals surface area contributed by atoms with Crippen molar-refractivity contribution in [3.8, 4) is 11.5 Å². The highest BCUT2D eigenvalue weighted by molar-refractivity contribution is 9.10. The number of likely N-dealkylation sites (tertiary alicyclic amines) is 1. The number of hydrogen-bond acceptors (Lipinski definition) is 6. The zero-order chi connectivity index (χ0) is 23.9. The lowest BCUT2D eigenvalue weighted by atomic mass is 9.98. The molecule has 2 aliphatic heterocycles. The number of ether oxygens (including phenoxy) is 4. The predicted molar refractivity (Wildman–Crippen MR) is 135 cm³/mol. The van der Waals surface area contributed by atoms with Crippen molar-refractivity contribution >= 4 is 27.7 Å². The van der Waals surface area contributed by atoms with E-state index in [1.54, 1.807) is 19.1 Å². The topological polar surface area (TPSA) is 60.5 Å². The molecule has 8 heteroatoms. The summed E-state index contributed by atoms with van der Waals surface area (Å²) in [5.74, 6) is 2.26. The molecule has 2 atom stereocenters. The lowest BCUT2D eigenvalue weighted by molar-refractivity contribution is 0.128. The maximum Gasteiger partial charge on any atom is 0.414 e. The highest BCUT2D eigenvalue weighted by atomic mass is 79.9. The van der Waals surface area contributed by atoms with Gasteiger partial charge in [-0.15, -0.1) is 0 Å². The molecule has 4 rings (SSSR count). The second-order valence-corrected chi connectivity index (χ2v) is 9.71. The van der Waals surface area contributed by atoms with E-state index in [1.807, 2.05) is 30.3 Å². The van der Waals surface area contributed by atoms with E-state index < -0.39 is 0 Å². The molecule has 0 radical (unpaired) electrons. The average molecular weight is 533 g/mol. The normalized spacial score (nSPS) is 20.6. The van der Waals surface area contributed by atoms with E-state index in [2.05, 4.69) is 33.0 Å². The molecule has 0 spiro atoms. The summed E-state index contributed by atoms with van der Waals surface area (Å²) in [7, 11) is 3.31. The number of nitrogens with zero attached hydrogens (tertiary/aromatic N) is 2. The van der Waals surface area contributed by atoms with Crippen LogP contribution in [0.25, 0.3) is 0 Å². The van der Waals surface area contributed by atoms with Crippen molar-refractivity contribution in [3.05, 3.63) is 52.5 Å². The minimum absolute atomic E-state index is 0.0799. The molecule has 2 heterocycles. The van der Waals surface area contributed by atoms with E-state index in [9.17, 15) is 4.79 Å². The Morgan fingerprint density at radius 2 is 1.85 bits per heavy atom. The van der Waals surface area contributed by atoms with E-state index in [0.29, 0.717) is 25.7 Å². The van der Waals surface area contributed by atoms with Gasteiger partial charge >= 0.3 is 6.09 Å². The fourth-order valence-electron chi connectivity index (χ4n) is 4.61. The Morgan fingerprint density at radius 1 is 1.06 bits per heavy atom. The Labute approximate surface area is 210 Å². The van der Waals surface area contributed by atoms with E-state index in [1.165, 1.54) is 12.0 Å². The molecule has 2 aromatic rings. The molecular weight excluding hydrogens is 500 g/mol. The number of cyclic esters (lactones) is 1. The van der Waals surface area contributed by atoms with Crippen LogP contribution in [0, 0.1) is 5.92 Å². The van der Waals surface area contributed by atoms with Gasteiger partial charge in [-0.05, 0) is 79.8 Å². The first-order chi connectivity index (χ1) is 16.6. The van der Waals surface area contributed by atoms with Crippen LogP contribution in [0.4, 0.5) is 10.5 Å². The van der Waals surface area contributed by atoms with Crippen molar-refractivity contribution in [1.82, 2.24) is 4.90 Å². The molecular formula is C26H33BrN2O5. The van der Waals surface area contributed by atoms with Gasteiger partial charge in [0.1, 0.15) is 24.2 Å². The molecule has 2 saturated heterocycles.